The molecule has 0 heterocycles. The molecule has 0 spiro atoms. The number of nitrogens with zero attached hydrogens (tertiary/aromatic N) is 1. The van der Waals surface area contributed by atoms with Gasteiger partial charge in [-0.3, -0.25) is 4.79 Å². The minimum atomic E-state index is 0.155. The molecule has 3 heteroatoms. The van der Waals surface area contributed by atoms with Crippen LogP contribution in [0.5, 0.6) is 0 Å². The smallest absolute Gasteiger partial charge is 0.222 e. The summed E-state index contributed by atoms with van der Waals surface area (Å²) in [6, 6.07) is 0. The highest BCUT2D eigenvalue weighted by atomic mass is 16.3. The van der Waals surface area contributed by atoms with Crippen LogP contribution in [0.4, 0.5) is 0 Å². The Morgan fingerprint density at radius 3 is 2.54 bits per heavy atom. The Morgan fingerprint density at radius 1 is 1.46 bits per heavy atom. The fourth-order valence-electron chi connectivity index (χ4n) is 1.04. The van der Waals surface area contributed by atoms with Crippen LogP contribution in [0, 0.1) is 5.92 Å². The Kier molecular flexibility index (Phi) is 6.59. The molecule has 3 nitrogen and oxygen atoms in total. The summed E-state index contributed by atoms with van der Waals surface area (Å²) in [5.74, 6) is 0.761. The third-order valence-electron chi connectivity index (χ3n) is 2.01. The molecule has 0 aromatic heterocycles. The molecule has 0 fully saturated rings. The fraction of sp³-hybridized carbons (Fsp3) is 0.900. The summed E-state index contributed by atoms with van der Waals surface area (Å²) in [6.45, 7) is 5.04. The molecule has 0 radical (unpaired) electrons. The molecule has 1 amide bonds. The standard InChI is InChI=1S/C10H21NO2/c1-9(2)5-6-10(13)11(3)7-4-8-12/h9,12H,4-8H2,1-3H3. The second kappa shape index (κ2) is 6.89. The summed E-state index contributed by atoms with van der Waals surface area (Å²) in [6.07, 6.45) is 2.24. The van der Waals surface area contributed by atoms with Gasteiger partial charge in [-0.05, 0) is 18.8 Å². The van der Waals surface area contributed by atoms with Gasteiger partial charge in [-0.1, -0.05) is 13.8 Å². The Morgan fingerprint density at radius 2 is 2.08 bits per heavy atom. The van der Waals surface area contributed by atoms with Crippen LogP contribution in [0.3, 0.4) is 0 Å². The lowest BCUT2D eigenvalue weighted by atomic mass is 10.1. The number of rotatable bonds is 6. The molecule has 0 aromatic rings. The van der Waals surface area contributed by atoms with Crippen LogP contribution in [-0.4, -0.2) is 36.1 Å². The van der Waals surface area contributed by atoms with Crippen molar-refractivity contribution >= 4 is 5.91 Å². The van der Waals surface area contributed by atoms with E-state index in [1.165, 1.54) is 0 Å². The molecule has 0 saturated carbocycles. The average Bonchev–Trinajstić information content (AvgIpc) is 2.10. The summed E-state index contributed by atoms with van der Waals surface area (Å²) in [4.78, 5) is 13.1. The van der Waals surface area contributed by atoms with Gasteiger partial charge in [-0.15, -0.1) is 0 Å². The second-order valence-electron chi connectivity index (χ2n) is 3.82. The van der Waals surface area contributed by atoms with E-state index >= 15 is 0 Å². The van der Waals surface area contributed by atoms with E-state index < -0.39 is 0 Å². The molecule has 0 aliphatic rings. The molecule has 78 valence electrons. The highest BCUT2D eigenvalue weighted by Gasteiger charge is 2.08. The maximum absolute atomic E-state index is 11.4. The Balaban J connectivity index is 3.57. The van der Waals surface area contributed by atoms with Crippen molar-refractivity contribution in [3.8, 4) is 0 Å². The van der Waals surface area contributed by atoms with Crippen LogP contribution in [0.1, 0.15) is 33.1 Å². The summed E-state index contributed by atoms with van der Waals surface area (Å²) in [7, 11) is 1.79. The van der Waals surface area contributed by atoms with E-state index in [4.69, 9.17) is 5.11 Å². The van der Waals surface area contributed by atoms with E-state index in [0.29, 0.717) is 25.3 Å². The molecular formula is C10H21NO2. The lowest BCUT2D eigenvalue weighted by Crippen LogP contribution is -2.28. The van der Waals surface area contributed by atoms with Crippen molar-refractivity contribution in [3.63, 3.8) is 0 Å². The molecule has 0 rings (SSSR count). The van der Waals surface area contributed by atoms with Crippen molar-refractivity contribution in [2.24, 2.45) is 5.92 Å². The highest BCUT2D eigenvalue weighted by molar-refractivity contribution is 5.75. The van der Waals surface area contributed by atoms with Crippen LogP contribution < -0.4 is 0 Å². The Bertz CT molecular complexity index is 146. The zero-order valence-electron chi connectivity index (χ0n) is 8.92. The number of carbonyl (C=O) groups is 1. The van der Waals surface area contributed by atoms with Gasteiger partial charge < -0.3 is 10.0 Å². The van der Waals surface area contributed by atoms with Crippen molar-refractivity contribution in [1.82, 2.24) is 4.90 Å². The van der Waals surface area contributed by atoms with Crippen LogP contribution in [0.2, 0.25) is 0 Å². The van der Waals surface area contributed by atoms with E-state index in [2.05, 4.69) is 13.8 Å². The van der Waals surface area contributed by atoms with Gasteiger partial charge >= 0.3 is 0 Å². The van der Waals surface area contributed by atoms with Gasteiger partial charge in [0.05, 0.1) is 0 Å². The predicted octanol–water partition coefficient (Wildman–Crippen LogP) is 1.26. The number of hydrogen-bond acceptors (Lipinski definition) is 2. The minimum Gasteiger partial charge on any atom is -0.396 e. The quantitative estimate of drug-likeness (QED) is 0.680. The fourth-order valence-corrected chi connectivity index (χ4v) is 1.04. The van der Waals surface area contributed by atoms with Crippen molar-refractivity contribution in [2.45, 2.75) is 33.1 Å². The number of aliphatic hydroxyl groups is 1. The van der Waals surface area contributed by atoms with E-state index in [0.717, 1.165) is 6.42 Å². The van der Waals surface area contributed by atoms with Crippen LogP contribution in [0.25, 0.3) is 0 Å². The topological polar surface area (TPSA) is 40.5 Å². The Hall–Kier alpha value is -0.570. The van der Waals surface area contributed by atoms with E-state index in [1.54, 1.807) is 11.9 Å². The van der Waals surface area contributed by atoms with Gasteiger partial charge in [0.25, 0.3) is 0 Å². The summed E-state index contributed by atoms with van der Waals surface area (Å²) in [5, 5.41) is 8.58. The maximum Gasteiger partial charge on any atom is 0.222 e. The zero-order chi connectivity index (χ0) is 10.3. The highest BCUT2D eigenvalue weighted by Crippen LogP contribution is 2.05. The molecule has 0 aliphatic carbocycles. The number of amides is 1. The van der Waals surface area contributed by atoms with Crippen LogP contribution >= 0.6 is 0 Å². The average molecular weight is 187 g/mol. The van der Waals surface area contributed by atoms with Crippen molar-refractivity contribution < 1.29 is 9.90 Å². The largest absolute Gasteiger partial charge is 0.396 e. The minimum absolute atomic E-state index is 0.155. The van der Waals surface area contributed by atoms with Crippen LogP contribution in [0.15, 0.2) is 0 Å². The summed E-state index contributed by atoms with van der Waals surface area (Å²) < 4.78 is 0. The number of aliphatic hydroxyl groups excluding tert-OH is 1. The van der Waals surface area contributed by atoms with Gasteiger partial charge in [0, 0.05) is 26.6 Å². The van der Waals surface area contributed by atoms with Gasteiger partial charge in [0.2, 0.25) is 5.91 Å². The third-order valence-corrected chi connectivity index (χ3v) is 2.01. The third kappa shape index (κ3) is 6.58. The molecule has 0 bridgehead atoms. The first-order valence-electron chi connectivity index (χ1n) is 4.92. The molecule has 13 heavy (non-hydrogen) atoms. The number of carbonyl (C=O) groups excluding carboxylic acids is 1. The zero-order valence-corrected chi connectivity index (χ0v) is 8.92. The summed E-state index contributed by atoms with van der Waals surface area (Å²) >= 11 is 0. The normalized spacial score (nSPS) is 10.5. The lowest BCUT2D eigenvalue weighted by molar-refractivity contribution is -0.130. The predicted molar refractivity (Wildman–Crippen MR) is 53.4 cm³/mol. The van der Waals surface area contributed by atoms with Gasteiger partial charge in [0.1, 0.15) is 0 Å². The maximum atomic E-state index is 11.4. The SMILES string of the molecule is CC(C)CCC(=O)N(C)CCCO. The molecule has 0 aromatic carbocycles. The number of hydrogen-bond donors (Lipinski definition) is 1. The van der Waals surface area contributed by atoms with Crippen molar-refractivity contribution in [1.29, 1.82) is 0 Å². The molecular weight excluding hydrogens is 166 g/mol. The second-order valence-corrected chi connectivity index (χ2v) is 3.82. The monoisotopic (exact) mass is 187 g/mol. The first kappa shape index (κ1) is 12.4. The molecule has 1 N–H and O–H groups in total. The van der Waals surface area contributed by atoms with E-state index in [-0.39, 0.29) is 12.5 Å². The van der Waals surface area contributed by atoms with Crippen LogP contribution in [-0.2, 0) is 4.79 Å². The van der Waals surface area contributed by atoms with E-state index in [9.17, 15) is 4.79 Å². The van der Waals surface area contributed by atoms with E-state index in [1.807, 2.05) is 0 Å². The Labute approximate surface area is 80.7 Å². The van der Waals surface area contributed by atoms with Gasteiger partial charge in [0.15, 0.2) is 0 Å². The van der Waals surface area contributed by atoms with Gasteiger partial charge in [-0.25, -0.2) is 0 Å². The molecule has 0 atom stereocenters. The lowest BCUT2D eigenvalue weighted by Gasteiger charge is -2.16. The first-order chi connectivity index (χ1) is 6.07. The molecule has 0 aliphatic heterocycles. The van der Waals surface area contributed by atoms with Crippen molar-refractivity contribution in [2.75, 3.05) is 20.2 Å². The van der Waals surface area contributed by atoms with Gasteiger partial charge in [-0.2, -0.15) is 0 Å². The first-order valence-corrected chi connectivity index (χ1v) is 4.92. The summed E-state index contributed by atoms with van der Waals surface area (Å²) in [5.41, 5.74) is 0. The molecule has 0 unspecified atom stereocenters. The molecule has 0 saturated heterocycles. The van der Waals surface area contributed by atoms with Crippen molar-refractivity contribution in [3.05, 3.63) is 0 Å².